The van der Waals surface area contributed by atoms with Crippen molar-refractivity contribution >= 4 is 0 Å². The molecule has 186 valence electrons. The molecule has 0 spiro atoms. The third-order valence-electron chi connectivity index (χ3n) is 5.65. The highest BCUT2D eigenvalue weighted by Gasteiger charge is 2.41. The van der Waals surface area contributed by atoms with E-state index in [0.717, 1.165) is 12.1 Å². The lowest BCUT2D eigenvalue weighted by Gasteiger charge is -2.28. The lowest BCUT2D eigenvalue weighted by atomic mass is 9.78. The Morgan fingerprint density at radius 2 is 1.59 bits per heavy atom. The van der Waals surface area contributed by atoms with Gasteiger partial charge in [0.1, 0.15) is 22.9 Å². The van der Waals surface area contributed by atoms with Crippen LogP contribution in [0.3, 0.4) is 0 Å². The molecule has 0 radical (unpaired) electrons. The zero-order valence-corrected chi connectivity index (χ0v) is 17.9. The summed E-state index contributed by atoms with van der Waals surface area (Å²) < 4.78 is 117. The minimum Gasteiger partial charge on any atom is -0.432 e. The van der Waals surface area contributed by atoms with Crippen LogP contribution in [0.5, 0.6) is 11.5 Å². The summed E-state index contributed by atoms with van der Waals surface area (Å²) in [6, 6.07) is 3.35. The van der Waals surface area contributed by atoms with Crippen molar-refractivity contribution in [2.75, 3.05) is 6.67 Å². The van der Waals surface area contributed by atoms with Gasteiger partial charge in [-0.05, 0) is 73.8 Å². The third-order valence-corrected chi connectivity index (χ3v) is 5.65. The van der Waals surface area contributed by atoms with Gasteiger partial charge in [0.25, 0.3) is 0 Å². The molecule has 2 aromatic carbocycles. The van der Waals surface area contributed by atoms with E-state index in [2.05, 4.69) is 9.47 Å². The largest absolute Gasteiger partial charge is 0.432 e. The predicted molar refractivity (Wildman–Crippen MR) is 108 cm³/mol. The molecule has 0 heterocycles. The first-order valence-electron chi connectivity index (χ1n) is 10.6. The van der Waals surface area contributed by atoms with Gasteiger partial charge in [-0.25, -0.2) is 13.2 Å². The summed E-state index contributed by atoms with van der Waals surface area (Å²) in [6.45, 7) is -3.78. The number of rotatable bonds is 9. The van der Waals surface area contributed by atoms with Crippen molar-refractivity contribution in [2.24, 2.45) is 5.92 Å². The number of hydrogen-bond donors (Lipinski definition) is 0. The van der Waals surface area contributed by atoms with Crippen LogP contribution in [0.25, 0.3) is 0 Å². The molecule has 0 N–H and O–H groups in total. The van der Waals surface area contributed by atoms with E-state index in [0.29, 0.717) is 50.3 Å². The topological polar surface area (TPSA) is 18.5 Å². The normalized spacial score (nSPS) is 19.1. The Hall–Kier alpha value is -2.78. The molecule has 2 aromatic rings. The maximum atomic E-state index is 14.6. The van der Waals surface area contributed by atoms with Crippen molar-refractivity contribution in [3.63, 3.8) is 0 Å². The molecule has 2 nitrogen and oxygen atoms in total. The predicted octanol–water partition coefficient (Wildman–Crippen LogP) is 8.02. The molecule has 0 atom stereocenters. The van der Waals surface area contributed by atoms with Gasteiger partial charge in [-0.3, -0.25) is 4.39 Å². The molecule has 0 amide bonds. The van der Waals surface area contributed by atoms with E-state index in [9.17, 15) is 35.1 Å². The molecule has 0 bridgehead atoms. The van der Waals surface area contributed by atoms with E-state index < -0.39 is 53.9 Å². The van der Waals surface area contributed by atoms with Crippen molar-refractivity contribution in [2.45, 2.75) is 50.7 Å². The van der Waals surface area contributed by atoms with Crippen LogP contribution in [0, 0.1) is 23.4 Å². The highest BCUT2D eigenvalue weighted by atomic mass is 19.3. The second-order valence-corrected chi connectivity index (χ2v) is 7.97. The summed E-state index contributed by atoms with van der Waals surface area (Å²) in [4.78, 5) is 0. The number of allylic oxidation sites excluding steroid dienone is 2. The number of ether oxygens (including phenoxy) is 2. The van der Waals surface area contributed by atoms with Gasteiger partial charge in [-0.15, -0.1) is 0 Å². The van der Waals surface area contributed by atoms with Crippen molar-refractivity contribution in [1.29, 1.82) is 0 Å². The highest BCUT2D eigenvalue weighted by molar-refractivity contribution is 5.35. The fraction of sp³-hybridized carbons (Fsp3) is 0.417. The molecule has 1 fully saturated rings. The van der Waals surface area contributed by atoms with Gasteiger partial charge in [0, 0.05) is 6.07 Å². The standard InChI is InChI=1S/C24H22F8O2/c25-10-2-1-3-14-4-6-15(7-5-14)16-11-19(27)22(20(28)12-16)24(31,32)34-17-8-9-21(18(26)13-17)33-23(29)30/h1,3,8-9,11-15,23H,2,4-7,10H2/b3-1+. The van der Waals surface area contributed by atoms with Crippen LogP contribution < -0.4 is 9.47 Å². The van der Waals surface area contributed by atoms with Crippen molar-refractivity contribution in [3.8, 4) is 11.5 Å². The molecular weight excluding hydrogens is 472 g/mol. The summed E-state index contributed by atoms with van der Waals surface area (Å²) in [6.07, 6.45) is 2.10. The fourth-order valence-electron chi connectivity index (χ4n) is 4.04. The zero-order valence-electron chi connectivity index (χ0n) is 17.9. The first kappa shape index (κ1) is 25.8. The van der Waals surface area contributed by atoms with E-state index in [-0.39, 0.29) is 17.4 Å². The Bertz CT molecular complexity index is 977. The molecule has 1 saturated carbocycles. The number of alkyl halides is 5. The summed E-state index contributed by atoms with van der Waals surface area (Å²) in [5, 5.41) is 0. The van der Waals surface area contributed by atoms with Gasteiger partial charge < -0.3 is 9.47 Å². The van der Waals surface area contributed by atoms with Crippen molar-refractivity contribution < 1.29 is 44.6 Å². The van der Waals surface area contributed by atoms with E-state index in [1.807, 2.05) is 6.08 Å². The van der Waals surface area contributed by atoms with E-state index in [4.69, 9.17) is 0 Å². The Labute approximate surface area is 191 Å². The molecule has 10 heteroatoms. The Morgan fingerprint density at radius 1 is 0.941 bits per heavy atom. The molecule has 0 aromatic heterocycles. The summed E-state index contributed by atoms with van der Waals surface area (Å²) in [5.74, 6) is -6.21. The monoisotopic (exact) mass is 494 g/mol. The Kier molecular flexibility index (Phi) is 8.43. The van der Waals surface area contributed by atoms with E-state index in [1.165, 1.54) is 0 Å². The van der Waals surface area contributed by atoms with Crippen LogP contribution in [0.1, 0.15) is 49.1 Å². The lowest BCUT2D eigenvalue weighted by Crippen LogP contribution is -2.25. The van der Waals surface area contributed by atoms with Gasteiger partial charge in [0.2, 0.25) is 0 Å². The zero-order chi connectivity index (χ0) is 24.9. The fourth-order valence-corrected chi connectivity index (χ4v) is 4.04. The summed E-state index contributed by atoms with van der Waals surface area (Å²) in [5.41, 5.74) is -1.41. The number of benzene rings is 2. The molecular formula is C24H22F8O2. The first-order valence-corrected chi connectivity index (χ1v) is 10.6. The molecule has 1 aliphatic rings. The Morgan fingerprint density at radius 3 is 2.15 bits per heavy atom. The average molecular weight is 494 g/mol. The smallest absolute Gasteiger partial charge is 0.432 e. The molecule has 0 aliphatic heterocycles. The molecule has 34 heavy (non-hydrogen) atoms. The minimum absolute atomic E-state index is 0.227. The maximum absolute atomic E-state index is 14.6. The van der Waals surface area contributed by atoms with Gasteiger partial charge in [-0.1, -0.05) is 12.2 Å². The van der Waals surface area contributed by atoms with Crippen molar-refractivity contribution in [3.05, 3.63) is 71.1 Å². The second kappa shape index (κ2) is 11.1. The maximum Gasteiger partial charge on any atom is 0.432 e. The van der Waals surface area contributed by atoms with Crippen LogP contribution in [-0.2, 0) is 6.11 Å². The molecule has 0 saturated heterocycles. The summed E-state index contributed by atoms with van der Waals surface area (Å²) >= 11 is 0. The molecule has 3 rings (SSSR count). The Balaban J connectivity index is 1.73. The number of hydrogen-bond acceptors (Lipinski definition) is 2. The van der Waals surface area contributed by atoms with Crippen LogP contribution in [0.2, 0.25) is 0 Å². The average Bonchev–Trinajstić information content (AvgIpc) is 2.75. The van der Waals surface area contributed by atoms with Gasteiger partial charge in [0.15, 0.2) is 11.6 Å². The molecule has 0 unspecified atom stereocenters. The van der Waals surface area contributed by atoms with Crippen LogP contribution in [-0.4, -0.2) is 13.3 Å². The third kappa shape index (κ3) is 6.42. The van der Waals surface area contributed by atoms with Gasteiger partial charge >= 0.3 is 12.7 Å². The number of halogens is 8. The van der Waals surface area contributed by atoms with Crippen molar-refractivity contribution in [1.82, 2.24) is 0 Å². The minimum atomic E-state index is -4.51. The first-order chi connectivity index (χ1) is 16.1. The van der Waals surface area contributed by atoms with Gasteiger partial charge in [-0.2, -0.15) is 17.6 Å². The van der Waals surface area contributed by atoms with Gasteiger partial charge in [0.05, 0.1) is 6.67 Å². The van der Waals surface area contributed by atoms with Crippen LogP contribution >= 0.6 is 0 Å². The van der Waals surface area contributed by atoms with Crippen LogP contribution in [0.4, 0.5) is 35.1 Å². The van der Waals surface area contributed by atoms with Crippen LogP contribution in [0.15, 0.2) is 42.5 Å². The second-order valence-electron chi connectivity index (χ2n) is 7.97. The highest BCUT2D eigenvalue weighted by Crippen LogP contribution is 2.40. The SMILES string of the molecule is FCC/C=C/C1CCC(c2cc(F)c(C(F)(F)Oc3ccc(OC(F)F)c(F)c3)c(F)c2)CC1. The lowest BCUT2D eigenvalue weighted by molar-refractivity contribution is -0.189. The summed E-state index contributed by atoms with van der Waals surface area (Å²) in [7, 11) is 0. The molecule has 1 aliphatic carbocycles. The van der Waals surface area contributed by atoms with E-state index >= 15 is 0 Å². The quantitative estimate of drug-likeness (QED) is 0.260. The van der Waals surface area contributed by atoms with E-state index in [1.54, 1.807) is 6.08 Å².